The highest BCUT2D eigenvalue weighted by Gasteiger charge is 2.46. The molecule has 3 heterocycles. The summed E-state index contributed by atoms with van der Waals surface area (Å²) in [6.07, 6.45) is 8.13. The molecule has 0 radical (unpaired) electrons. The van der Waals surface area contributed by atoms with Crippen LogP contribution < -0.4 is 10.3 Å². The maximum atomic E-state index is 13.2. The van der Waals surface area contributed by atoms with Crippen LogP contribution in [0, 0.1) is 11.3 Å². The summed E-state index contributed by atoms with van der Waals surface area (Å²) in [5.41, 5.74) is 2.85. The van der Waals surface area contributed by atoms with Crippen molar-refractivity contribution in [1.29, 1.82) is 0 Å². The number of ketones is 1. The van der Waals surface area contributed by atoms with Crippen LogP contribution in [-0.4, -0.2) is 31.1 Å². The molecule has 0 bridgehead atoms. The molecular weight excluding hydrogens is 368 g/mol. The van der Waals surface area contributed by atoms with Gasteiger partial charge in [-0.05, 0) is 31.2 Å². The summed E-state index contributed by atoms with van der Waals surface area (Å²) in [6, 6.07) is 3.85. The van der Waals surface area contributed by atoms with Crippen molar-refractivity contribution in [3.8, 4) is 0 Å². The van der Waals surface area contributed by atoms with Crippen LogP contribution in [0.5, 0.6) is 0 Å². The number of hydrogen-bond donors (Lipinski definition) is 1. The van der Waals surface area contributed by atoms with Crippen LogP contribution in [0.15, 0.2) is 47.6 Å². The van der Waals surface area contributed by atoms with E-state index in [0.717, 1.165) is 29.8 Å². The minimum Gasteiger partial charge on any atom is -0.460 e. The average Bonchev–Trinajstić information content (AvgIpc) is 3.18. The van der Waals surface area contributed by atoms with Crippen molar-refractivity contribution in [3.05, 3.63) is 53.1 Å². The lowest BCUT2D eigenvalue weighted by Gasteiger charge is -2.41. The predicted octanol–water partition coefficient (Wildman–Crippen LogP) is 2.68. The quantitative estimate of drug-likeness (QED) is 0.791. The first-order valence-electron chi connectivity index (χ1n) is 10.3. The van der Waals surface area contributed by atoms with Crippen LogP contribution >= 0.6 is 0 Å². The van der Waals surface area contributed by atoms with Gasteiger partial charge >= 0.3 is 5.97 Å². The molecular formula is C23H29N2O4+. The summed E-state index contributed by atoms with van der Waals surface area (Å²) in [6.45, 7) is 6.97. The Morgan fingerprint density at radius 3 is 2.90 bits per heavy atom. The monoisotopic (exact) mass is 397 g/mol. The van der Waals surface area contributed by atoms with Gasteiger partial charge in [-0.2, -0.15) is 0 Å². The topological polar surface area (TPSA) is 78.8 Å². The summed E-state index contributed by atoms with van der Waals surface area (Å²) >= 11 is 0. The van der Waals surface area contributed by atoms with E-state index in [1.54, 1.807) is 0 Å². The lowest BCUT2D eigenvalue weighted by atomic mass is 9.66. The molecule has 6 nitrogen and oxygen atoms in total. The molecule has 1 fully saturated rings. The van der Waals surface area contributed by atoms with E-state index < -0.39 is 5.92 Å². The third-order valence-electron chi connectivity index (χ3n) is 5.97. The van der Waals surface area contributed by atoms with Crippen LogP contribution in [0.25, 0.3) is 0 Å². The van der Waals surface area contributed by atoms with Gasteiger partial charge in [0.05, 0.1) is 17.6 Å². The number of H-pyrrole nitrogens is 1. The second-order valence-corrected chi connectivity index (χ2v) is 8.92. The molecule has 6 heteroatoms. The first kappa shape index (κ1) is 19.8. The molecule has 154 valence electrons. The van der Waals surface area contributed by atoms with E-state index in [0.29, 0.717) is 18.6 Å². The number of Topliss-reactive ketones (excluding diaryl/α,β-unsaturated/α-hetero) is 1. The van der Waals surface area contributed by atoms with Crippen LogP contribution in [-0.2, 0) is 19.1 Å². The largest absolute Gasteiger partial charge is 0.460 e. The van der Waals surface area contributed by atoms with Crippen LogP contribution in [0.1, 0.15) is 51.5 Å². The zero-order chi connectivity index (χ0) is 20.6. The first-order chi connectivity index (χ1) is 13.9. The Hall–Kier alpha value is -2.47. The molecule has 1 aliphatic carbocycles. The van der Waals surface area contributed by atoms with Gasteiger partial charge in [-0.3, -0.25) is 4.79 Å². The summed E-state index contributed by atoms with van der Waals surface area (Å²) in [5.74, 6) is -1.02. The predicted molar refractivity (Wildman–Crippen MR) is 106 cm³/mol. The molecule has 0 amide bonds. The van der Waals surface area contributed by atoms with Gasteiger partial charge in [0.25, 0.3) is 0 Å². The Labute approximate surface area is 171 Å². The zero-order valence-electron chi connectivity index (χ0n) is 17.3. The number of hydrogen-bond acceptors (Lipinski definition) is 5. The number of pyridine rings is 1. The summed E-state index contributed by atoms with van der Waals surface area (Å²) in [4.78, 5) is 29.4. The maximum Gasteiger partial charge on any atom is 0.336 e. The van der Waals surface area contributed by atoms with E-state index in [1.165, 1.54) is 0 Å². The molecule has 0 aromatic carbocycles. The molecule has 4 rings (SSSR count). The third kappa shape index (κ3) is 3.99. The highest BCUT2D eigenvalue weighted by molar-refractivity contribution is 5.96. The van der Waals surface area contributed by atoms with E-state index >= 15 is 0 Å². The molecule has 1 aromatic heterocycles. The number of ether oxygens (including phenoxy) is 2. The van der Waals surface area contributed by atoms with Gasteiger partial charge in [0.2, 0.25) is 0 Å². The van der Waals surface area contributed by atoms with Gasteiger partial charge in [0.1, 0.15) is 12.4 Å². The molecule has 2 aliphatic heterocycles. The van der Waals surface area contributed by atoms with Crippen LogP contribution in [0.2, 0.25) is 0 Å². The second-order valence-electron chi connectivity index (χ2n) is 8.92. The van der Waals surface area contributed by atoms with Gasteiger partial charge in [-0.1, -0.05) is 19.9 Å². The molecule has 3 atom stereocenters. The number of aromatic amines is 1. The summed E-state index contributed by atoms with van der Waals surface area (Å²) in [5, 5.41) is 3.34. The number of aromatic nitrogens is 1. The van der Waals surface area contributed by atoms with Crippen molar-refractivity contribution in [3.63, 3.8) is 0 Å². The van der Waals surface area contributed by atoms with Crippen LogP contribution in [0.4, 0.5) is 0 Å². The Morgan fingerprint density at radius 2 is 2.21 bits per heavy atom. The lowest BCUT2D eigenvalue weighted by Crippen LogP contribution is -2.44. The fourth-order valence-corrected chi connectivity index (χ4v) is 4.72. The van der Waals surface area contributed by atoms with Crippen molar-refractivity contribution < 1.29 is 24.0 Å². The average molecular weight is 397 g/mol. The number of fused-ring (bicyclic) bond motifs is 1. The third-order valence-corrected chi connectivity index (χ3v) is 5.97. The standard InChI is InChI=1S/C23H28N2O4/c1-14-19(22(27)29-13-16-7-5-9-28-16)20(15-6-4-8-24-12-15)21-17(25-14)10-23(2,3)11-18(21)26/h4,6,8,10,12,16,20-21,25H,5,7,9,11,13H2,1-3H3/p+1. The second kappa shape index (κ2) is 7.75. The Bertz CT molecular complexity index is 866. The van der Waals surface area contributed by atoms with Gasteiger partial charge in [0.15, 0.2) is 12.4 Å². The first-order valence-corrected chi connectivity index (χ1v) is 10.3. The molecule has 1 aromatic rings. The van der Waals surface area contributed by atoms with E-state index in [9.17, 15) is 9.59 Å². The molecule has 3 unspecified atom stereocenters. The molecule has 29 heavy (non-hydrogen) atoms. The minimum absolute atomic E-state index is 0.0347. The normalized spacial score (nSPS) is 28.4. The SMILES string of the molecule is CC1=C(C(=O)OCC2CCCO2)C(c2ccc[nH+]c2)C2C(=O)CC(C)(C)C=C2N1. The van der Waals surface area contributed by atoms with Gasteiger partial charge < -0.3 is 14.8 Å². The van der Waals surface area contributed by atoms with Crippen molar-refractivity contribution in [1.82, 2.24) is 5.32 Å². The number of carbonyl (C=O) groups excluding carboxylic acids is 2. The highest BCUT2D eigenvalue weighted by atomic mass is 16.6. The number of carbonyl (C=O) groups is 2. The molecule has 1 saturated heterocycles. The van der Waals surface area contributed by atoms with Crippen molar-refractivity contribution >= 4 is 11.8 Å². The minimum atomic E-state index is -0.409. The fraction of sp³-hybridized carbons (Fsp3) is 0.522. The number of rotatable bonds is 4. The van der Waals surface area contributed by atoms with Gasteiger partial charge in [0, 0.05) is 42.0 Å². The maximum absolute atomic E-state index is 13.2. The van der Waals surface area contributed by atoms with Gasteiger partial charge in [-0.15, -0.1) is 0 Å². The zero-order valence-corrected chi connectivity index (χ0v) is 17.3. The number of allylic oxidation sites excluding steroid dienone is 3. The molecule has 0 spiro atoms. The van der Waals surface area contributed by atoms with Crippen molar-refractivity contribution in [2.24, 2.45) is 11.3 Å². The van der Waals surface area contributed by atoms with E-state index in [2.05, 4.69) is 30.2 Å². The summed E-state index contributed by atoms with van der Waals surface area (Å²) < 4.78 is 11.2. The van der Waals surface area contributed by atoms with E-state index in [-0.39, 0.29) is 35.8 Å². The van der Waals surface area contributed by atoms with E-state index in [4.69, 9.17) is 9.47 Å². The Morgan fingerprint density at radius 1 is 1.38 bits per heavy atom. The highest BCUT2D eigenvalue weighted by Crippen LogP contribution is 2.46. The van der Waals surface area contributed by atoms with Gasteiger partial charge in [-0.25, -0.2) is 9.78 Å². The Kier molecular flexibility index (Phi) is 5.30. The van der Waals surface area contributed by atoms with Crippen molar-refractivity contribution in [2.45, 2.75) is 52.1 Å². The Balaban J connectivity index is 1.71. The molecule has 2 N–H and O–H groups in total. The molecule has 0 saturated carbocycles. The summed E-state index contributed by atoms with van der Waals surface area (Å²) in [7, 11) is 0. The smallest absolute Gasteiger partial charge is 0.336 e. The van der Waals surface area contributed by atoms with Crippen molar-refractivity contribution in [2.75, 3.05) is 13.2 Å². The van der Waals surface area contributed by atoms with Crippen LogP contribution in [0.3, 0.4) is 0 Å². The van der Waals surface area contributed by atoms with E-state index in [1.807, 2.05) is 31.5 Å². The molecule has 3 aliphatic rings. The fourth-order valence-electron chi connectivity index (χ4n) is 4.72. The number of nitrogens with one attached hydrogen (secondary N) is 2. The lowest BCUT2D eigenvalue weighted by molar-refractivity contribution is -0.378. The number of esters is 1.